The average molecular weight is 187 g/mol. The topological polar surface area (TPSA) is 34.1 Å². The van der Waals surface area contributed by atoms with Crippen LogP contribution in [0.25, 0.3) is 0 Å². The molecule has 2 nitrogen and oxygen atoms in total. The summed E-state index contributed by atoms with van der Waals surface area (Å²) in [6.07, 6.45) is 1.09. The van der Waals surface area contributed by atoms with Crippen LogP contribution in [0.1, 0.15) is 19.3 Å². The van der Waals surface area contributed by atoms with Crippen LogP contribution in [0.5, 0.6) is 0 Å². The molecule has 1 aliphatic carbocycles. The Balaban J connectivity index is 2.71. The van der Waals surface area contributed by atoms with Gasteiger partial charge in [0.05, 0.1) is 11.4 Å². The second-order valence-electron chi connectivity index (χ2n) is 2.56. The molecule has 0 bridgehead atoms. The molecule has 0 aliphatic heterocycles. The van der Waals surface area contributed by atoms with E-state index in [2.05, 4.69) is 0 Å². The van der Waals surface area contributed by atoms with E-state index in [0.717, 1.165) is 0 Å². The van der Waals surface area contributed by atoms with Crippen LogP contribution in [-0.2, 0) is 9.05 Å². The highest BCUT2D eigenvalue weighted by Gasteiger charge is 2.53. The first-order valence-electron chi connectivity index (χ1n) is 3.02. The Hall–Kier alpha value is 0.170. The van der Waals surface area contributed by atoms with E-state index < -0.39 is 20.5 Å². The Labute approximate surface area is 63.8 Å². The molecule has 1 aliphatic rings. The number of hydrogen-bond donors (Lipinski definition) is 0. The highest BCUT2D eigenvalue weighted by molar-refractivity contribution is 8.15. The molecular weight excluding hydrogens is 179 g/mol. The molecule has 0 radical (unpaired) electrons. The van der Waals surface area contributed by atoms with Crippen molar-refractivity contribution in [1.82, 2.24) is 0 Å². The molecule has 1 rings (SSSR count). The van der Waals surface area contributed by atoms with Gasteiger partial charge in [-0.3, -0.25) is 4.39 Å². The first-order valence-corrected chi connectivity index (χ1v) is 5.33. The van der Waals surface area contributed by atoms with E-state index in [9.17, 15) is 12.8 Å². The van der Waals surface area contributed by atoms with Crippen molar-refractivity contribution >= 4 is 19.7 Å². The predicted octanol–water partition coefficient (Wildman–Crippen LogP) is 1.45. The fraction of sp³-hybridized carbons (Fsp3) is 1.00. The zero-order valence-electron chi connectivity index (χ0n) is 5.31. The van der Waals surface area contributed by atoms with E-state index in [-0.39, 0.29) is 6.42 Å². The largest absolute Gasteiger partial charge is 0.251 e. The number of hydrogen-bond acceptors (Lipinski definition) is 2. The normalized spacial score (nSPS) is 22.6. The Kier molecular flexibility index (Phi) is 1.94. The lowest BCUT2D eigenvalue weighted by Gasteiger charge is -2.06. The third kappa shape index (κ3) is 1.27. The Morgan fingerprint density at radius 1 is 1.50 bits per heavy atom. The molecule has 1 saturated carbocycles. The lowest BCUT2D eigenvalue weighted by molar-refractivity contribution is 0.455. The molecule has 10 heavy (non-hydrogen) atoms. The number of alkyl halides is 1. The van der Waals surface area contributed by atoms with Gasteiger partial charge in [0.2, 0.25) is 9.05 Å². The maximum Gasteiger partial charge on any atom is 0.238 e. The van der Waals surface area contributed by atoms with E-state index >= 15 is 0 Å². The molecule has 0 aromatic heterocycles. The lowest BCUT2D eigenvalue weighted by Crippen LogP contribution is -2.18. The van der Waals surface area contributed by atoms with Gasteiger partial charge in [0.25, 0.3) is 0 Å². The molecule has 0 heterocycles. The highest BCUT2D eigenvalue weighted by atomic mass is 35.7. The van der Waals surface area contributed by atoms with Crippen LogP contribution < -0.4 is 0 Å². The van der Waals surface area contributed by atoms with Crippen molar-refractivity contribution in [2.45, 2.75) is 24.0 Å². The molecule has 1 fully saturated rings. The second kappa shape index (κ2) is 2.34. The van der Waals surface area contributed by atoms with Crippen molar-refractivity contribution in [1.29, 1.82) is 0 Å². The lowest BCUT2D eigenvalue weighted by atomic mass is 10.3. The van der Waals surface area contributed by atoms with Crippen LogP contribution >= 0.6 is 10.7 Å². The van der Waals surface area contributed by atoms with Crippen molar-refractivity contribution in [2.75, 3.05) is 6.67 Å². The van der Waals surface area contributed by atoms with Gasteiger partial charge in [-0.2, -0.15) is 0 Å². The smallest absolute Gasteiger partial charge is 0.238 e. The molecule has 60 valence electrons. The minimum absolute atomic E-state index is 0.0544. The molecule has 0 unspecified atom stereocenters. The van der Waals surface area contributed by atoms with Crippen LogP contribution in [0.15, 0.2) is 0 Å². The monoisotopic (exact) mass is 186 g/mol. The minimum atomic E-state index is -3.52. The van der Waals surface area contributed by atoms with E-state index in [0.29, 0.717) is 12.8 Å². The van der Waals surface area contributed by atoms with E-state index in [4.69, 9.17) is 10.7 Å². The van der Waals surface area contributed by atoms with Crippen molar-refractivity contribution < 1.29 is 12.8 Å². The van der Waals surface area contributed by atoms with Crippen LogP contribution in [0, 0.1) is 0 Å². The van der Waals surface area contributed by atoms with Crippen molar-refractivity contribution in [3.63, 3.8) is 0 Å². The first kappa shape index (κ1) is 8.27. The standard InChI is InChI=1S/C5H8ClFO2S/c6-10(8,9)5(1-2-5)3-4-7/h1-4H2. The van der Waals surface area contributed by atoms with Gasteiger partial charge in [0.15, 0.2) is 0 Å². The van der Waals surface area contributed by atoms with Crippen LogP contribution in [-0.4, -0.2) is 19.8 Å². The van der Waals surface area contributed by atoms with Crippen molar-refractivity contribution in [2.24, 2.45) is 0 Å². The molecule has 0 amide bonds. The molecule has 0 spiro atoms. The zero-order chi connectivity index (χ0) is 7.83. The van der Waals surface area contributed by atoms with Gasteiger partial charge in [0.1, 0.15) is 0 Å². The maximum atomic E-state index is 11.7. The average Bonchev–Trinajstić information content (AvgIpc) is 2.45. The first-order chi connectivity index (χ1) is 4.52. The molecule has 0 saturated heterocycles. The predicted molar refractivity (Wildman–Crippen MR) is 37.3 cm³/mol. The molecule has 0 aromatic rings. The van der Waals surface area contributed by atoms with Gasteiger partial charge in [-0.25, -0.2) is 8.42 Å². The summed E-state index contributed by atoms with van der Waals surface area (Å²) in [7, 11) is 1.55. The number of halogens is 2. The summed E-state index contributed by atoms with van der Waals surface area (Å²) in [6, 6.07) is 0. The third-order valence-corrected chi connectivity index (χ3v) is 4.50. The van der Waals surface area contributed by atoms with Crippen molar-refractivity contribution in [3.05, 3.63) is 0 Å². The van der Waals surface area contributed by atoms with E-state index in [1.165, 1.54) is 0 Å². The van der Waals surface area contributed by atoms with Gasteiger partial charge < -0.3 is 0 Å². The molecular formula is C5H8ClFO2S. The summed E-state index contributed by atoms with van der Waals surface area (Å²) in [5, 5.41) is 0. The Morgan fingerprint density at radius 2 is 2.00 bits per heavy atom. The number of rotatable bonds is 3. The summed E-state index contributed by atoms with van der Waals surface area (Å²) in [5.41, 5.74) is 0. The Morgan fingerprint density at radius 3 is 2.10 bits per heavy atom. The Bertz CT molecular complexity index is 220. The SMILES string of the molecule is O=S(=O)(Cl)C1(CCF)CC1. The van der Waals surface area contributed by atoms with Gasteiger partial charge in [-0.05, 0) is 19.3 Å². The van der Waals surface area contributed by atoms with Gasteiger partial charge in [-0.1, -0.05) is 0 Å². The maximum absolute atomic E-state index is 11.7. The van der Waals surface area contributed by atoms with Crippen LogP contribution in [0.3, 0.4) is 0 Å². The van der Waals surface area contributed by atoms with Gasteiger partial charge in [-0.15, -0.1) is 0 Å². The summed E-state index contributed by atoms with van der Waals surface area (Å²) in [5.74, 6) is 0. The summed E-state index contributed by atoms with van der Waals surface area (Å²) < 4.78 is 32.2. The third-order valence-electron chi connectivity index (χ3n) is 1.88. The fourth-order valence-electron chi connectivity index (χ4n) is 0.927. The summed E-state index contributed by atoms with van der Waals surface area (Å²) in [4.78, 5) is 0. The molecule has 5 heteroatoms. The fourth-order valence-corrected chi connectivity index (χ4v) is 2.53. The molecule has 0 aromatic carbocycles. The van der Waals surface area contributed by atoms with Crippen LogP contribution in [0.4, 0.5) is 4.39 Å². The molecule has 0 atom stereocenters. The van der Waals surface area contributed by atoms with E-state index in [1.54, 1.807) is 0 Å². The van der Waals surface area contributed by atoms with Gasteiger partial charge >= 0.3 is 0 Å². The summed E-state index contributed by atoms with van der Waals surface area (Å²) >= 11 is 0. The quantitative estimate of drug-likeness (QED) is 0.626. The highest BCUT2D eigenvalue weighted by Crippen LogP contribution is 2.48. The van der Waals surface area contributed by atoms with Crippen molar-refractivity contribution in [3.8, 4) is 0 Å². The van der Waals surface area contributed by atoms with Gasteiger partial charge in [0, 0.05) is 10.7 Å². The molecule has 0 N–H and O–H groups in total. The summed E-state index contributed by atoms with van der Waals surface area (Å²) in [6.45, 7) is -0.605. The van der Waals surface area contributed by atoms with Crippen LogP contribution in [0.2, 0.25) is 0 Å². The minimum Gasteiger partial charge on any atom is -0.251 e. The van der Waals surface area contributed by atoms with E-state index in [1.807, 2.05) is 0 Å². The zero-order valence-corrected chi connectivity index (χ0v) is 6.88. The second-order valence-corrected chi connectivity index (χ2v) is 5.52.